The summed E-state index contributed by atoms with van der Waals surface area (Å²) in [6, 6.07) is 7.57. The molecule has 1 amide bonds. The van der Waals surface area contributed by atoms with Crippen molar-refractivity contribution in [1.29, 1.82) is 0 Å². The van der Waals surface area contributed by atoms with Gasteiger partial charge in [-0.05, 0) is 37.1 Å². The molecule has 0 unspecified atom stereocenters. The molecule has 1 aliphatic rings. The van der Waals surface area contributed by atoms with Gasteiger partial charge in [0.25, 0.3) is 0 Å². The van der Waals surface area contributed by atoms with Gasteiger partial charge in [-0.2, -0.15) is 0 Å². The number of carbonyl (C=O) groups excluding carboxylic acids is 1. The van der Waals surface area contributed by atoms with Crippen molar-refractivity contribution in [3.63, 3.8) is 0 Å². The topological polar surface area (TPSA) is 90.4 Å². The molecule has 1 saturated heterocycles. The molecule has 1 aliphatic heterocycles. The van der Waals surface area contributed by atoms with Crippen molar-refractivity contribution < 1.29 is 9.90 Å². The first-order chi connectivity index (χ1) is 12.7. The molecule has 7 heteroatoms. The van der Waals surface area contributed by atoms with Gasteiger partial charge in [0.2, 0.25) is 11.9 Å². The van der Waals surface area contributed by atoms with Crippen LogP contribution < -0.4 is 15.5 Å². The largest absolute Gasteiger partial charge is 0.395 e. The highest BCUT2D eigenvalue weighted by molar-refractivity contribution is 5.95. The van der Waals surface area contributed by atoms with Gasteiger partial charge in [0, 0.05) is 37.2 Å². The summed E-state index contributed by atoms with van der Waals surface area (Å²) in [5, 5.41) is 15.2. The summed E-state index contributed by atoms with van der Waals surface area (Å²) >= 11 is 0. The molecule has 1 fully saturated rings. The number of hydrogen-bond donors (Lipinski definition) is 3. The molecular formula is C19H25N5O2. The lowest BCUT2D eigenvalue weighted by Gasteiger charge is -2.22. The first kappa shape index (κ1) is 18.3. The van der Waals surface area contributed by atoms with Crippen molar-refractivity contribution in [2.75, 3.05) is 37.0 Å². The van der Waals surface area contributed by atoms with Crippen LogP contribution in [-0.2, 0) is 4.79 Å². The van der Waals surface area contributed by atoms with E-state index in [0.29, 0.717) is 12.5 Å². The number of amides is 1. The van der Waals surface area contributed by atoms with E-state index in [1.54, 1.807) is 17.3 Å². The minimum atomic E-state index is -0.0970. The zero-order valence-electron chi connectivity index (χ0n) is 15.0. The van der Waals surface area contributed by atoms with Gasteiger partial charge < -0.3 is 20.6 Å². The fourth-order valence-corrected chi connectivity index (χ4v) is 2.97. The lowest BCUT2D eigenvalue weighted by atomic mass is 10.0. The van der Waals surface area contributed by atoms with Crippen molar-refractivity contribution in [2.24, 2.45) is 0 Å². The molecule has 2 heterocycles. The number of carbonyl (C=O) groups is 1. The maximum absolute atomic E-state index is 12.3. The van der Waals surface area contributed by atoms with Crippen LogP contribution in [0.25, 0.3) is 11.1 Å². The van der Waals surface area contributed by atoms with Crippen LogP contribution in [0.1, 0.15) is 19.3 Å². The van der Waals surface area contributed by atoms with Gasteiger partial charge in [-0.3, -0.25) is 4.79 Å². The zero-order valence-corrected chi connectivity index (χ0v) is 15.0. The van der Waals surface area contributed by atoms with Gasteiger partial charge in [-0.25, -0.2) is 9.97 Å². The van der Waals surface area contributed by atoms with Crippen LogP contribution in [0, 0.1) is 0 Å². The second-order valence-electron chi connectivity index (χ2n) is 6.49. The van der Waals surface area contributed by atoms with Crippen molar-refractivity contribution >= 4 is 17.5 Å². The Morgan fingerprint density at radius 3 is 2.58 bits per heavy atom. The molecule has 1 aromatic carbocycles. The Morgan fingerprint density at radius 2 is 1.96 bits per heavy atom. The molecule has 0 bridgehead atoms. The van der Waals surface area contributed by atoms with Crippen LogP contribution in [0.15, 0.2) is 36.7 Å². The summed E-state index contributed by atoms with van der Waals surface area (Å²) in [5.41, 5.74) is 2.67. The molecule has 7 nitrogen and oxygen atoms in total. The minimum absolute atomic E-state index is 0.0251. The summed E-state index contributed by atoms with van der Waals surface area (Å²) in [4.78, 5) is 22.7. The predicted octanol–water partition coefficient (Wildman–Crippen LogP) is 1.65. The third-order valence-electron chi connectivity index (χ3n) is 4.53. The number of nitrogens with one attached hydrogen (secondary N) is 2. The smallest absolute Gasteiger partial charge is 0.241 e. The third-order valence-corrected chi connectivity index (χ3v) is 4.53. The molecule has 2 aromatic rings. The fourth-order valence-electron chi connectivity index (χ4n) is 2.97. The summed E-state index contributed by atoms with van der Waals surface area (Å²) in [7, 11) is 1.84. The molecular weight excluding hydrogens is 330 g/mol. The van der Waals surface area contributed by atoms with E-state index in [1.807, 2.05) is 31.3 Å². The number of aliphatic hydroxyl groups is 1. The normalized spacial score (nSPS) is 16.9. The average Bonchev–Trinajstić information content (AvgIpc) is 2.69. The van der Waals surface area contributed by atoms with Gasteiger partial charge in [0.15, 0.2) is 0 Å². The highest BCUT2D eigenvalue weighted by atomic mass is 16.3. The summed E-state index contributed by atoms with van der Waals surface area (Å²) in [6.07, 6.45) is 6.63. The number of anilines is 2. The first-order valence-electron chi connectivity index (χ1n) is 8.96. The molecule has 26 heavy (non-hydrogen) atoms. The van der Waals surface area contributed by atoms with E-state index in [0.717, 1.165) is 42.6 Å². The van der Waals surface area contributed by atoms with E-state index in [9.17, 15) is 4.79 Å². The molecule has 1 aromatic heterocycles. The Kier molecular flexibility index (Phi) is 6.14. The number of piperidine rings is 1. The Morgan fingerprint density at radius 1 is 1.23 bits per heavy atom. The van der Waals surface area contributed by atoms with Crippen LogP contribution in [-0.4, -0.2) is 53.8 Å². The molecule has 0 saturated carbocycles. The van der Waals surface area contributed by atoms with Crippen LogP contribution in [0.4, 0.5) is 11.6 Å². The van der Waals surface area contributed by atoms with Crippen molar-refractivity contribution in [2.45, 2.75) is 25.3 Å². The molecule has 0 spiro atoms. The molecule has 138 valence electrons. The van der Waals surface area contributed by atoms with E-state index in [1.165, 1.54) is 0 Å². The van der Waals surface area contributed by atoms with Gasteiger partial charge >= 0.3 is 0 Å². The van der Waals surface area contributed by atoms with E-state index in [4.69, 9.17) is 5.11 Å². The van der Waals surface area contributed by atoms with Crippen LogP contribution in [0.5, 0.6) is 0 Å². The van der Waals surface area contributed by atoms with Crippen molar-refractivity contribution in [1.82, 2.24) is 15.3 Å². The number of nitrogens with zero attached hydrogens (tertiary/aromatic N) is 3. The summed E-state index contributed by atoms with van der Waals surface area (Å²) in [6.45, 7) is 1.45. The molecule has 0 radical (unpaired) electrons. The maximum Gasteiger partial charge on any atom is 0.241 e. The van der Waals surface area contributed by atoms with E-state index >= 15 is 0 Å². The second kappa shape index (κ2) is 8.73. The van der Waals surface area contributed by atoms with Gasteiger partial charge in [0.05, 0.1) is 12.6 Å². The van der Waals surface area contributed by atoms with E-state index < -0.39 is 0 Å². The fraction of sp³-hybridized carbons (Fsp3) is 0.421. The number of rotatable bonds is 6. The Hall–Kier alpha value is -2.51. The van der Waals surface area contributed by atoms with E-state index in [2.05, 4.69) is 20.6 Å². The number of likely N-dealkylation sites (N-methyl/N-ethyl adjacent to an activating group) is 1. The van der Waals surface area contributed by atoms with Gasteiger partial charge in [-0.15, -0.1) is 0 Å². The SMILES string of the molecule is CN(CCO)c1ncc(-c2ccc(NC(=O)[C@@H]3CCCCN3)cc2)cn1. The Labute approximate surface area is 153 Å². The number of aromatic nitrogens is 2. The zero-order chi connectivity index (χ0) is 18.4. The number of aliphatic hydroxyl groups excluding tert-OH is 1. The number of benzene rings is 1. The van der Waals surface area contributed by atoms with Gasteiger partial charge in [0.1, 0.15) is 0 Å². The maximum atomic E-state index is 12.3. The highest BCUT2D eigenvalue weighted by Crippen LogP contribution is 2.21. The molecule has 3 N–H and O–H groups in total. The summed E-state index contributed by atoms with van der Waals surface area (Å²) in [5.74, 6) is 0.601. The van der Waals surface area contributed by atoms with E-state index in [-0.39, 0.29) is 18.6 Å². The Bertz CT molecular complexity index is 712. The van der Waals surface area contributed by atoms with Crippen LogP contribution >= 0.6 is 0 Å². The van der Waals surface area contributed by atoms with Crippen molar-refractivity contribution in [3.8, 4) is 11.1 Å². The molecule has 3 rings (SSSR count). The Balaban J connectivity index is 1.62. The first-order valence-corrected chi connectivity index (χ1v) is 8.96. The molecule has 1 atom stereocenters. The summed E-state index contributed by atoms with van der Waals surface area (Å²) < 4.78 is 0. The quantitative estimate of drug-likeness (QED) is 0.730. The van der Waals surface area contributed by atoms with Crippen LogP contribution in [0.3, 0.4) is 0 Å². The average molecular weight is 355 g/mol. The lowest BCUT2D eigenvalue weighted by molar-refractivity contribution is -0.118. The lowest BCUT2D eigenvalue weighted by Crippen LogP contribution is -2.43. The van der Waals surface area contributed by atoms with Crippen molar-refractivity contribution in [3.05, 3.63) is 36.7 Å². The molecule has 0 aliphatic carbocycles. The number of hydrogen-bond acceptors (Lipinski definition) is 6. The third kappa shape index (κ3) is 4.56. The van der Waals surface area contributed by atoms with Gasteiger partial charge in [-0.1, -0.05) is 18.6 Å². The standard InChI is InChI=1S/C19H25N5O2/c1-24(10-11-25)19-21-12-15(13-22-19)14-5-7-16(8-6-14)23-18(26)17-4-2-3-9-20-17/h5-8,12-13,17,20,25H,2-4,9-11H2,1H3,(H,23,26)/t17-/m0/s1. The minimum Gasteiger partial charge on any atom is -0.395 e. The highest BCUT2D eigenvalue weighted by Gasteiger charge is 2.20. The monoisotopic (exact) mass is 355 g/mol. The van der Waals surface area contributed by atoms with Crippen LogP contribution in [0.2, 0.25) is 0 Å². The predicted molar refractivity (Wildman–Crippen MR) is 102 cm³/mol. The second-order valence-corrected chi connectivity index (χ2v) is 6.49.